The van der Waals surface area contributed by atoms with E-state index in [9.17, 15) is 18.0 Å². The van der Waals surface area contributed by atoms with Crippen molar-refractivity contribution in [3.05, 3.63) is 71.4 Å². The maximum atomic E-state index is 12.7. The molecule has 28 heavy (non-hydrogen) atoms. The van der Waals surface area contributed by atoms with Gasteiger partial charge in [0.1, 0.15) is 6.10 Å². The van der Waals surface area contributed by atoms with Gasteiger partial charge in [0.15, 0.2) is 5.82 Å². The molecule has 2 aromatic carbocycles. The van der Waals surface area contributed by atoms with E-state index in [0.717, 1.165) is 12.1 Å². The van der Waals surface area contributed by atoms with E-state index in [1.54, 1.807) is 31.2 Å². The number of alkyl halides is 3. The van der Waals surface area contributed by atoms with Gasteiger partial charge in [0.05, 0.1) is 12.0 Å². The minimum Gasteiger partial charge on any atom is -0.441 e. The van der Waals surface area contributed by atoms with Crippen LogP contribution in [-0.2, 0) is 17.3 Å². The van der Waals surface area contributed by atoms with E-state index in [2.05, 4.69) is 10.1 Å². The number of carbonyl (C=O) groups excluding carboxylic acids is 1. The minimum atomic E-state index is -4.40. The van der Waals surface area contributed by atoms with Gasteiger partial charge in [0.25, 0.3) is 0 Å². The first-order valence-corrected chi connectivity index (χ1v) is 8.25. The first kappa shape index (κ1) is 19.4. The molecule has 3 rings (SSSR count). The van der Waals surface area contributed by atoms with Crippen molar-refractivity contribution in [2.24, 2.45) is 5.73 Å². The Bertz CT molecular complexity index is 968. The molecule has 0 saturated carbocycles. The number of ether oxygens (including phenoxy) is 1. The normalized spacial score (nSPS) is 12.6. The number of aromatic nitrogens is 2. The Labute approximate surface area is 158 Å². The third-order valence-electron chi connectivity index (χ3n) is 4.00. The fraction of sp³-hybridized carbons (Fsp3) is 0.211. The molecule has 9 heteroatoms. The van der Waals surface area contributed by atoms with Gasteiger partial charge in [-0.05, 0) is 34.9 Å². The third kappa shape index (κ3) is 4.67. The van der Waals surface area contributed by atoms with Gasteiger partial charge >= 0.3 is 12.3 Å². The first-order chi connectivity index (χ1) is 13.2. The van der Waals surface area contributed by atoms with Gasteiger partial charge in [-0.1, -0.05) is 35.5 Å². The van der Waals surface area contributed by atoms with Crippen LogP contribution in [0.4, 0.5) is 18.0 Å². The summed E-state index contributed by atoms with van der Waals surface area (Å²) in [5.74, 6) is 0.704. The molecule has 0 aliphatic carbocycles. The van der Waals surface area contributed by atoms with Gasteiger partial charge in [-0.25, -0.2) is 4.79 Å². The molecule has 0 spiro atoms. The molecule has 0 radical (unpaired) electrons. The number of hydrogen-bond acceptors (Lipinski definition) is 5. The van der Waals surface area contributed by atoms with Crippen molar-refractivity contribution < 1.29 is 27.2 Å². The summed E-state index contributed by atoms with van der Waals surface area (Å²) in [6.07, 6.45) is -6.01. The number of aryl methyl sites for hydroxylation is 1. The van der Waals surface area contributed by atoms with E-state index < -0.39 is 23.9 Å². The summed E-state index contributed by atoms with van der Waals surface area (Å²) in [4.78, 5) is 15.4. The second-order valence-corrected chi connectivity index (χ2v) is 6.06. The van der Waals surface area contributed by atoms with E-state index >= 15 is 0 Å². The lowest BCUT2D eigenvalue weighted by Crippen LogP contribution is -2.19. The lowest BCUT2D eigenvalue weighted by molar-refractivity contribution is -0.137. The smallest absolute Gasteiger partial charge is 0.416 e. The first-order valence-electron chi connectivity index (χ1n) is 8.25. The number of benzene rings is 2. The maximum Gasteiger partial charge on any atom is 0.416 e. The van der Waals surface area contributed by atoms with Gasteiger partial charge in [-0.15, -0.1) is 0 Å². The Morgan fingerprint density at radius 2 is 1.89 bits per heavy atom. The van der Waals surface area contributed by atoms with E-state index in [0.29, 0.717) is 28.4 Å². The molecular weight excluding hydrogens is 375 g/mol. The second-order valence-electron chi connectivity index (χ2n) is 6.06. The largest absolute Gasteiger partial charge is 0.441 e. The molecule has 1 unspecified atom stereocenters. The maximum absolute atomic E-state index is 12.7. The molecular formula is C19H16F3N3O3. The van der Waals surface area contributed by atoms with Crippen molar-refractivity contribution in [3.63, 3.8) is 0 Å². The van der Waals surface area contributed by atoms with Gasteiger partial charge < -0.3 is 15.0 Å². The van der Waals surface area contributed by atoms with Crippen LogP contribution in [0, 0.1) is 6.92 Å². The highest BCUT2D eigenvalue weighted by Crippen LogP contribution is 2.32. The molecule has 1 heterocycles. The molecule has 0 aliphatic heterocycles. The average molecular weight is 391 g/mol. The van der Waals surface area contributed by atoms with E-state index in [-0.39, 0.29) is 6.42 Å². The van der Waals surface area contributed by atoms with Crippen molar-refractivity contribution in [2.45, 2.75) is 25.6 Å². The lowest BCUT2D eigenvalue weighted by atomic mass is 9.98. The quantitative estimate of drug-likeness (QED) is 0.694. The van der Waals surface area contributed by atoms with Crippen LogP contribution in [0.2, 0.25) is 0 Å². The number of hydrogen-bond donors (Lipinski definition) is 1. The summed E-state index contributed by atoms with van der Waals surface area (Å²) in [5.41, 5.74) is 6.28. The Hall–Kier alpha value is -3.36. The Morgan fingerprint density at radius 1 is 1.18 bits per heavy atom. The van der Waals surface area contributed by atoms with Gasteiger partial charge in [-0.3, -0.25) is 0 Å². The fourth-order valence-electron chi connectivity index (χ4n) is 2.73. The highest BCUT2D eigenvalue weighted by molar-refractivity contribution is 5.66. The number of amides is 1. The number of halogens is 3. The number of nitrogens with zero attached hydrogens (tertiary/aromatic N) is 2. The van der Waals surface area contributed by atoms with Crippen LogP contribution >= 0.6 is 0 Å². The average Bonchev–Trinajstić information content (AvgIpc) is 3.05. The molecule has 0 aliphatic rings. The van der Waals surface area contributed by atoms with Crippen LogP contribution < -0.4 is 5.73 Å². The van der Waals surface area contributed by atoms with Gasteiger partial charge in [0, 0.05) is 6.92 Å². The van der Waals surface area contributed by atoms with E-state index in [4.69, 9.17) is 15.0 Å². The van der Waals surface area contributed by atoms with Crippen LogP contribution in [0.25, 0.3) is 11.1 Å². The molecule has 2 N–H and O–H groups in total. The molecule has 0 bridgehead atoms. The highest BCUT2D eigenvalue weighted by atomic mass is 19.4. The number of rotatable bonds is 5. The molecule has 0 fully saturated rings. The zero-order valence-electron chi connectivity index (χ0n) is 14.7. The summed E-state index contributed by atoms with van der Waals surface area (Å²) in [6.45, 7) is 1.63. The van der Waals surface area contributed by atoms with Crippen LogP contribution in [0.3, 0.4) is 0 Å². The molecule has 1 atom stereocenters. The molecule has 3 aromatic rings. The Balaban J connectivity index is 1.89. The van der Waals surface area contributed by atoms with Crippen molar-refractivity contribution in [3.8, 4) is 11.1 Å². The van der Waals surface area contributed by atoms with Crippen LogP contribution in [-0.4, -0.2) is 16.2 Å². The molecule has 0 saturated heterocycles. The second kappa shape index (κ2) is 7.71. The zero-order valence-corrected chi connectivity index (χ0v) is 14.7. The monoisotopic (exact) mass is 391 g/mol. The highest BCUT2D eigenvalue weighted by Gasteiger charge is 2.30. The number of nitrogens with two attached hydrogens (primary N) is 1. The van der Waals surface area contributed by atoms with Gasteiger partial charge in [0.2, 0.25) is 5.89 Å². The lowest BCUT2D eigenvalue weighted by Gasteiger charge is -2.16. The minimum absolute atomic E-state index is 0.136. The summed E-state index contributed by atoms with van der Waals surface area (Å²) in [7, 11) is 0. The summed E-state index contributed by atoms with van der Waals surface area (Å²) in [6, 6.07) is 11.7. The fourth-order valence-corrected chi connectivity index (χ4v) is 2.73. The Kier molecular flexibility index (Phi) is 5.34. The van der Waals surface area contributed by atoms with Crippen molar-refractivity contribution in [1.82, 2.24) is 10.1 Å². The topological polar surface area (TPSA) is 91.2 Å². The Morgan fingerprint density at radius 3 is 2.46 bits per heavy atom. The van der Waals surface area contributed by atoms with E-state index in [1.807, 2.05) is 0 Å². The summed E-state index contributed by atoms with van der Waals surface area (Å²) in [5, 5.41) is 3.78. The van der Waals surface area contributed by atoms with Crippen LogP contribution in [0.15, 0.2) is 53.1 Å². The summed E-state index contributed by atoms with van der Waals surface area (Å²) >= 11 is 0. The third-order valence-corrected chi connectivity index (χ3v) is 4.00. The van der Waals surface area contributed by atoms with Crippen molar-refractivity contribution in [1.29, 1.82) is 0 Å². The standard InChI is InChI=1S/C19H16F3N3O3/c1-11-24-17(25-28-11)10-16(27-18(23)26)14-4-2-3-13(9-14)12-5-7-15(8-6-12)19(20,21)22/h2-9,16H,10H2,1H3,(H2,23,26). The van der Waals surface area contributed by atoms with Crippen LogP contribution in [0.5, 0.6) is 0 Å². The van der Waals surface area contributed by atoms with Crippen molar-refractivity contribution >= 4 is 6.09 Å². The van der Waals surface area contributed by atoms with Gasteiger partial charge in [-0.2, -0.15) is 18.2 Å². The molecule has 1 aromatic heterocycles. The molecule has 1 amide bonds. The predicted molar refractivity (Wildman–Crippen MR) is 93.0 cm³/mol. The zero-order chi connectivity index (χ0) is 20.3. The molecule has 146 valence electrons. The van der Waals surface area contributed by atoms with Crippen molar-refractivity contribution in [2.75, 3.05) is 0 Å². The predicted octanol–water partition coefficient (Wildman–Crippen LogP) is 4.44. The SMILES string of the molecule is Cc1nc(CC(OC(N)=O)c2cccc(-c3ccc(C(F)(F)F)cc3)c2)no1. The number of primary amides is 1. The molecule has 6 nitrogen and oxygen atoms in total. The van der Waals surface area contributed by atoms with Crippen LogP contribution in [0.1, 0.15) is 28.9 Å². The summed E-state index contributed by atoms with van der Waals surface area (Å²) < 4.78 is 48.3. The number of carbonyl (C=O) groups is 1. The van der Waals surface area contributed by atoms with E-state index in [1.165, 1.54) is 12.1 Å².